The largest absolute Gasteiger partial charge is 0.349 e. The maximum absolute atomic E-state index is 13.5. The van der Waals surface area contributed by atoms with Gasteiger partial charge in [-0.05, 0) is 55.8 Å². The number of nitrogens with zero attached hydrogens (tertiary/aromatic N) is 2. The molecule has 2 aromatic carbocycles. The minimum absolute atomic E-state index is 0.125. The van der Waals surface area contributed by atoms with Crippen LogP contribution in [0.25, 0.3) is 10.9 Å². The van der Waals surface area contributed by atoms with E-state index in [1.54, 1.807) is 12.1 Å². The van der Waals surface area contributed by atoms with Crippen molar-refractivity contribution in [1.82, 2.24) is 14.8 Å². The number of halogens is 1. The van der Waals surface area contributed by atoms with E-state index < -0.39 is 0 Å². The molecule has 0 radical (unpaired) electrons. The van der Waals surface area contributed by atoms with E-state index in [2.05, 4.69) is 34.5 Å². The molecule has 1 aliphatic heterocycles. The molecule has 0 aliphatic carbocycles. The molecule has 4 rings (SSSR count). The number of carbonyl (C=O) groups excluding carboxylic acids is 1. The van der Waals surface area contributed by atoms with E-state index >= 15 is 0 Å². The molecule has 0 spiro atoms. The van der Waals surface area contributed by atoms with Crippen molar-refractivity contribution in [3.8, 4) is 0 Å². The summed E-state index contributed by atoms with van der Waals surface area (Å²) in [5.41, 5.74) is 2.63. The fourth-order valence-corrected chi connectivity index (χ4v) is 4.36. The molecular formula is C24H28FN3O. The summed E-state index contributed by atoms with van der Waals surface area (Å²) >= 11 is 0. The van der Waals surface area contributed by atoms with Gasteiger partial charge in [-0.2, -0.15) is 0 Å². The van der Waals surface area contributed by atoms with Crippen LogP contribution in [0, 0.1) is 5.82 Å². The summed E-state index contributed by atoms with van der Waals surface area (Å²) in [5.74, 6) is -0.416. The van der Waals surface area contributed by atoms with Crippen molar-refractivity contribution < 1.29 is 9.18 Å². The van der Waals surface area contributed by atoms with Crippen molar-refractivity contribution in [2.24, 2.45) is 7.05 Å². The van der Waals surface area contributed by atoms with Crippen LogP contribution < -0.4 is 5.32 Å². The van der Waals surface area contributed by atoms with Crippen LogP contribution in [0.3, 0.4) is 0 Å². The zero-order valence-corrected chi connectivity index (χ0v) is 16.9. The van der Waals surface area contributed by atoms with Gasteiger partial charge in [-0.1, -0.05) is 43.2 Å². The number of carbonyl (C=O) groups is 1. The average molecular weight is 394 g/mol. The van der Waals surface area contributed by atoms with Crippen LogP contribution >= 0.6 is 0 Å². The minimum atomic E-state index is -0.291. The highest BCUT2D eigenvalue weighted by Crippen LogP contribution is 2.24. The van der Waals surface area contributed by atoms with Crippen molar-refractivity contribution in [2.45, 2.75) is 31.7 Å². The molecule has 4 nitrogen and oxygen atoms in total. The van der Waals surface area contributed by atoms with Gasteiger partial charge in [0.2, 0.25) is 0 Å². The first-order chi connectivity index (χ1) is 14.1. The molecule has 2 heterocycles. The summed E-state index contributed by atoms with van der Waals surface area (Å²) in [6, 6.07) is 16.9. The molecule has 0 saturated carbocycles. The van der Waals surface area contributed by atoms with Gasteiger partial charge in [-0.15, -0.1) is 0 Å². The normalized spacial score (nSPS) is 16.5. The summed E-state index contributed by atoms with van der Waals surface area (Å²) in [7, 11) is 1.85. The van der Waals surface area contributed by atoms with Crippen molar-refractivity contribution in [2.75, 3.05) is 19.6 Å². The summed E-state index contributed by atoms with van der Waals surface area (Å²) in [4.78, 5) is 15.5. The lowest BCUT2D eigenvalue weighted by atomic mass is 10.0. The third-order valence-corrected chi connectivity index (χ3v) is 5.96. The Morgan fingerprint density at radius 2 is 1.76 bits per heavy atom. The average Bonchev–Trinajstić information content (AvgIpc) is 2.90. The number of rotatable bonds is 5. The van der Waals surface area contributed by atoms with Crippen LogP contribution in [0.15, 0.2) is 54.6 Å². The lowest BCUT2D eigenvalue weighted by Gasteiger charge is -2.31. The predicted molar refractivity (Wildman–Crippen MR) is 114 cm³/mol. The number of benzene rings is 2. The van der Waals surface area contributed by atoms with Crippen LogP contribution in [-0.4, -0.2) is 35.0 Å². The highest BCUT2D eigenvalue weighted by molar-refractivity contribution is 5.98. The molecular weight excluding hydrogens is 365 g/mol. The number of hydrogen-bond acceptors (Lipinski definition) is 2. The Labute approximate surface area is 171 Å². The molecule has 1 aliphatic rings. The number of fused-ring (bicyclic) bond motifs is 1. The second-order valence-electron chi connectivity index (χ2n) is 7.88. The maximum atomic E-state index is 13.5. The molecule has 1 fully saturated rings. The quantitative estimate of drug-likeness (QED) is 0.684. The molecule has 5 heteroatoms. The van der Waals surface area contributed by atoms with Crippen LogP contribution in [0.5, 0.6) is 0 Å². The summed E-state index contributed by atoms with van der Waals surface area (Å²) in [5, 5.41) is 3.88. The van der Waals surface area contributed by atoms with E-state index in [-0.39, 0.29) is 17.8 Å². The van der Waals surface area contributed by atoms with Crippen LogP contribution in [-0.2, 0) is 7.05 Å². The Bertz CT molecular complexity index is 974. The molecule has 1 N–H and O–H groups in total. The van der Waals surface area contributed by atoms with Gasteiger partial charge in [0.05, 0.1) is 6.04 Å². The smallest absolute Gasteiger partial charge is 0.267 e. The Balaban J connectivity index is 1.54. The molecule has 1 unspecified atom stereocenters. The Hall–Kier alpha value is -2.66. The minimum Gasteiger partial charge on any atom is -0.349 e. The molecule has 1 saturated heterocycles. The van der Waals surface area contributed by atoms with Gasteiger partial charge in [0, 0.05) is 24.5 Å². The van der Waals surface area contributed by atoms with E-state index in [1.165, 1.54) is 43.4 Å². The summed E-state index contributed by atoms with van der Waals surface area (Å²) in [6.45, 7) is 2.67. The second kappa shape index (κ2) is 8.78. The first-order valence-corrected chi connectivity index (χ1v) is 10.5. The number of hydrogen-bond donors (Lipinski definition) is 1. The molecule has 1 atom stereocenters. The standard InChI is InChI=1S/C24H28FN3O/c1-27-21-12-11-20(25)15-19(21)16-22(27)24(29)26-17-23(18-9-5-4-6-10-18)28-13-7-2-3-8-14-28/h4-6,9-12,15-16,23H,2-3,7-8,13-14,17H2,1H3,(H,26,29). The van der Waals surface area contributed by atoms with E-state index in [9.17, 15) is 9.18 Å². The Kier molecular flexibility index (Phi) is 5.95. The Morgan fingerprint density at radius 3 is 2.48 bits per heavy atom. The lowest BCUT2D eigenvalue weighted by molar-refractivity contribution is 0.0925. The van der Waals surface area contributed by atoms with Gasteiger partial charge in [0.15, 0.2) is 0 Å². The van der Waals surface area contributed by atoms with Crippen LogP contribution in [0.1, 0.15) is 47.8 Å². The molecule has 29 heavy (non-hydrogen) atoms. The first-order valence-electron chi connectivity index (χ1n) is 10.5. The Morgan fingerprint density at radius 1 is 1.03 bits per heavy atom. The molecule has 3 aromatic rings. The van der Waals surface area contributed by atoms with Gasteiger partial charge in [-0.3, -0.25) is 9.69 Å². The van der Waals surface area contributed by atoms with Gasteiger partial charge in [-0.25, -0.2) is 4.39 Å². The predicted octanol–water partition coefficient (Wildman–Crippen LogP) is 4.66. The fourth-order valence-electron chi connectivity index (χ4n) is 4.36. The van der Waals surface area contributed by atoms with E-state index in [1.807, 2.05) is 17.7 Å². The van der Waals surface area contributed by atoms with Gasteiger partial charge in [0.25, 0.3) is 5.91 Å². The topological polar surface area (TPSA) is 37.3 Å². The third kappa shape index (κ3) is 4.35. The number of nitrogens with one attached hydrogen (secondary N) is 1. The number of likely N-dealkylation sites (tertiary alicyclic amines) is 1. The van der Waals surface area contributed by atoms with Crippen molar-refractivity contribution in [1.29, 1.82) is 0 Å². The van der Waals surface area contributed by atoms with E-state index in [0.29, 0.717) is 12.2 Å². The zero-order chi connectivity index (χ0) is 20.2. The number of aromatic nitrogens is 1. The van der Waals surface area contributed by atoms with Crippen molar-refractivity contribution in [3.05, 3.63) is 71.7 Å². The SMILES string of the molecule is Cn1c(C(=O)NCC(c2ccccc2)N2CCCCCC2)cc2cc(F)ccc21. The first kappa shape index (κ1) is 19.6. The van der Waals surface area contributed by atoms with E-state index in [4.69, 9.17) is 0 Å². The van der Waals surface area contributed by atoms with Gasteiger partial charge in [0.1, 0.15) is 11.5 Å². The van der Waals surface area contributed by atoms with Crippen LogP contribution in [0.4, 0.5) is 4.39 Å². The second-order valence-corrected chi connectivity index (χ2v) is 7.88. The molecule has 152 valence electrons. The lowest BCUT2D eigenvalue weighted by Crippen LogP contribution is -2.39. The van der Waals surface area contributed by atoms with Crippen molar-refractivity contribution >= 4 is 16.8 Å². The fraction of sp³-hybridized carbons (Fsp3) is 0.375. The summed E-state index contributed by atoms with van der Waals surface area (Å²) < 4.78 is 15.4. The summed E-state index contributed by atoms with van der Waals surface area (Å²) in [6.07, 6.45) is 4.95. The van der Waals surface area contributed by atoms with E-state index in [0.717, 1.165) is 24.0 Å². The zero-order valence-electron chi connectivity index (χ0n) is 16.9. The highest BCUT2D eigenvalue weighted by Gasteiger charge is 2.23. The van der Waals surface area contributed by atoms with Gasteiger partial charge >= 0.3 is 0 Å². The molecule has 0 bridgehead atoms. The maximum Gasteiger partial charge on any atom is 0.267 e. The molecule has 1 aromatic heterocycles. The van der Waals surface area contributed by atoms with Gasteiger partial charge < -0.3 is 9.88 Å². The van der Waals surface area contributed by atoms with Crippen molar-refractivity contribution in [3.63, 3.8) is 0 Å². The number of amides is 1. The molecule has 1 amide bonds. The number of aryl methyl sites for hydroxylation is 1. The monoisotopic (exact) mass is 393 g/mol. The van der Waals surface area contributed by atoms with Crippen LogP contribution in [0.2, 0.25) is 0 Å². The highest BCUT2D eigenvalue weighted by atomic mass is 19.1. The third-order valence-electron chi connectivity index (χ3n) is 5.96.